The van der Waals surface area contributed by atoms with Gasteiger partial charge in [-0.25, -0.2) is 0 Å². The van der Waals surface area contributed by atoms with E-state index in [4.69, 9.17) is 4.74 Å². The average molecular weight is 262 g/mol. The minimum Gasteiger partial charge on any atom is -0.487 e. The SMILES string of the molecule is CCCC(C)c1cc(C)c(OC(C)(C)CC)c(C)c1. The third kappa shape index (κ3) is 4.26. The van der Waals surface area contributed by atoms with Gasteiger partial charge in [0.15, 0.2) is 0 Å². The van der Waals surface area contributed by atoms with Crippen LogP contribution >= 0.6 is 0 Å². The highest BCUT2D eigenvalue weighted by Gasteiger charge is 2.20. The van der Waals surface area contributed by atoms with Crippen molar-refractivity contribution in [3.8, 4) is 5.75 Å². The van der Waals surface area contributed by atoms with Crippen molar-refractivity contribution in [3.63, 3.8) is 0 Å². The number of rotatable bonds is 6. The molecule has 1 rings (SSSR count). The maximum absolute atomic E-state index is 6.21. The first-order valence-corrected chi connectivity index (χ1v) is 7.60. The Morgan fingerprint density at radius 3 is 2.05 bits per heavy atom. The van der Waals surface area contributed by atoms with E-state index in [-0.39, 0.29) is 5.60 Å². The van der Waals surface area contributed by atoms with E-state index in [1.165, 1.54) is 29.5 Å². The molecule has 0 aliphatic carbocycles. The number of aryl methyl sites for hydroxylation is 2. The number of hydrogen-bond acceptors (Lipinski definition) is 1. The molecule has 0 aliphatic heterocycles. The van der Waals surface area contributed by atoms with E-state index in [0.29, 0.717) is 5.92 Å². The Hall–Kier alpha value is -0.980. The molecule has 0 aliphatic rings. The monoisotopic (exact) mass is 262 g/mol. The molecule has 1 aromatic rings. The number of ether oxygens (including phenoxy) is 1. The quantitative estimate of drug-likeness (QED) is 0.632. The minimum absolute atomic E-state index is 0.0912. The van der Waals surface area contributed by atoms with Crippen molar-refractivity contribution in [2.24, 2.45) is 0 Å². The van der Waals surface area contributed by atoms with Crippen LogP contribution in [0.2, 0.25) is 0 Å². The maximum Gasteiger partial charge on any atom is 0.125 e. The first-order chi connectivity index (χ1) is 8.80. The Kier molecular flexibility index (Phi) is 5.46. The highest BCUT2D eigenvalue weighted by atomic mass is 16.5. The van der Waals surface area contributed by atoms with E-state index in [9.17, 15) is 0 Å². The molecule has 1 heteroatoms. The van der Waals surface area contributed by atoms with Gasteiger partial charge < -0.3 is 4.74 Å². The van der Waals surface area contributed by atoms with Gasteiger partial charge in [0.25, 0.3) is 0 Å². The summed E-state index contributed by atoms with van der Waals surface area (Å²) in [5.41, 5.74) is 3.88. The Balaban J connectivity index is 3.04. The molecule has 0 bridgehead atoms. The van der Waals surface area contributed by atoms with Gasteiger partial charge in [0, 0.05) is 0 Å². The van der Waals surface area contributed by atoms with Gasteiger partial charge in [-0.3, -0.25) is 0 Å². The lowest BCUT2D eigenvalue weighted by atomic mass is 9.93. The summed E-state index contributed by atoms with van der Waals surface area (Å²) in [4.78, 5) is 0. The van der Waals surface area contributed by atoms with Gasteiger partial charge in [0.05, 0.1) is 0 Å². The fourth-order valence-corrected chi connectivity index (χ4v) is 2.38. The smallest absolute Gasteiger partial charge is 0.125 e. The van der Waals surface area contributed by atoms with Gasteiger partial charge in [-0.2, -0.15) is 0 Å². The molecule has 0 heterocycles. The molecule has 0 N–H and O–H groups in total. The van der Waals surface area contributed by atoms with Gasteiger partial charge in [-0.1, -0.05) is 39.3 Å². The van der Waals surface area contributed by atoms with Crippen molar-refractivity contribution in [3.05, 3.63) is 28.8 Å². The van der Waals surface area contributed by atoms with Crippen molar-refractivity contribution in [2.75, 3.05) is 0 Å². The molecule has 0 fully saturated rings. The minimum atomic E-state index is -0.0912. The first-order valence-electron chi connectivity index (χ1n) is 7.60. The molecule has 19 heavy (non-hydrogen) atoms. The standard InChI is InChI=1S/C18H30O/c1-8-10-13(3)16-11-14(4)17(15(5)12-16)19-18(6,7)9-2/h11-13H,8-10H2,1-7H3. The molecule has 0 amide bonds. The normalized spacial score (nSPS) is 13.4. The predicted molar refractivity (Wildman–Crippen MR) is 84.2 cm³/mol. The average Bonchev–Trinajstić information content (AvgIpc) is 2.34. The molecule has 108 valence electrons. The van der Waals surface area contributed by atoms with Crippen molar-refractivity contribution in [1.82, 2.24) is 0 Å². The Morgan fingerprint density at radius 2 is 1.63 bits per heavy atom. The molecule has 1 aromatic carbocycles. The van der Waals surface area contributed by atoms with Gasteiger partial charge in [0.1, 0.15) is 11.4 Å². The largest absolute Gasteiger partial charge is 0.487 e. The lowest BCUT2D eigenvalue weighted by Crippen LogP contribution is -2.27. The summed E-state index contributed by atoms with van der Waals surface area (Å²) < 4.78 is 6.21. The summed E-state index contributed by atoms with van der Waals surface area (Å²) in [5, 5.41) is 0. The zero-order valence-electron chi connectivity index (χ0n) is 13.8. The summed E-state index contributed by atoms with van der Waals surface area (Å²) in [6.45, 7) is 15.4. The lowest BCUT2D eigenvalue weighted by molar-refractivity contribution is 0.103. The van der Waals surface area contributed by atoms with Crippen molar-refractivity contribution in [2.45, 2.75) is 79.2 Å². The summed E-state index contributed by atoms with van der Waals surface area (Å²) in [6, 6.07) is 4.60. The summed E-state index contributed by atoms with van der Waals surface area (Å²) in [5.74, 6) is 1.70. The third-order valence-electron chi connectivity index (χ3n) is 4.00. The Morgan fingerprint density at radius 1 is 1.11 bits per heavy atom. The molecule has 1 nitrogen and oxygen atoms in total. The van der Waals surface area contributed by atoms with E-state index in [2.05, 4.69) is 60.6 Å². The van der Waals surface area contributed by atoms with E-state index >= 15 is 0 Å². The number of benzene rings is 1. The van der Waals surface area contributed by atoms with Crippen LogP contribution in [-0.2, 0) is 0 Å². The zero-order valence-corrected chi connectivity index (χ0v) is 13.8. The van der Waals surface area contributed by atoms with Crippen LogP contribution in [0.4, 0.5) is 0 Å². The Bertz CT molecular complexity index is 395. The molecule has 0 aromatic heterocycles. The van der Waals surface area contributed by atoms with Crippen molar-refractivity contribution >= 4 is 0 Å². The summed E-state index contributed by atoms with van der Waals surface area (Å²) in [6.07, 6.45) is 3.50. The maximum atomic E-state index is 6.21. The molecular formula is C18H30O. The van der Waals surface area contributed by atoms with Crippen LogP contribution in [0.1, 0.15) is 76.5 Å². The van der Waals surface area contributed by atoms with Crippen LogP contribution in [0.25, 0.3) is 0 Å². The topological polar surface area (TPSA) is 9.23 Å². The van der Waals surface area contributed by atoms with Crippen molar-refractivity contribution < 1.29 is 4.74 Å². The molecule has 1 atom stereocenters. The van der Waals surface area contributed by atoms with Crippen LogP contribution in [0.15, 0.2) is 12.1 Å². The van der Waals surface area contributed by atoms with Gasteiger partial charge >= 0.3 is 0 Å². The molecule has 1 unspecified atom stereocenters. The fraction of sp³-hybridized carbons (Fsp3) is 0.667. The van der Waals surface area contributed by atoms with Gasteiger partial charge in [0.2, 0.25) is 0 Å². The summed E-state index contributed by atoms with van der Waals surface area (Å²) in [7, 11) is 0. The zero-order chi connectivity index (χ0) is 14.6. The van der Waals surface area contributed by atoms with Gasteiger partial charge in [-0.05, 0) is 63.1 Å². The van der Waals surface area contributed by atoms with Crippen LogP contribution in [0, 0.1) is 13.8 Å². The van der Waals surface area contributed by atoms with Crippen LogP contribution in [-0.4, -0.2) is 5.60 Å². The van der Waals surface area contributed by atoms with E-state index in [1.54, 1.807) is 0 Å². The molecule has 0 saturated carbocycles. The van der Waals surface area contributed by atoms with E-state index < -0.39 is 0 Å². The second-order valence-corrected chi connectivity index (χ2v) is 6.39. The summed E-state index contributed by atoms with van der Waals surface area (Å²) >= 11 is 0. The van der Waals surface area contributed by atoms with E-state index in [1.807, 2.05) is 0 Å². The molecule has 0 radical (unpaired) electrons. The predicted octanol–water partition coefficient (Wildman–Crippen LogP) is 5.77. The van der Waals surface area contributed by atoms with Crippen LogP contribution in [0.5, 0.6) is 5.75 Å². The molecule has 0 saturated heterocycles. The third-order valence-corrected chi connectivity index (χ3v) is 4.00. The van der Waals surface area contributed by atoms with Crippen LogP contribution in [0.3, 0.4) is 0 Å². The molecular weight excluding hydrogens is 232 g/mol. The van der Waals surface area contributed by atoms with E-state index in [0.717, 1.165) is 12.2 Å². The first kappa shape index (κ1) is 16.1. The van der Waals surface area contributed by atoms with Crippen molar-refractivity contribution in [1.29, 1.82) is 0 Å². The highest BCUT2D eigenvalue weighted by Crippen LogP contribution is 2.32. The van der Waals surface area contributed by atoms with Gasteiger partial charge in [-0.15, -0.1) is 0 Å². The lowest BCUT2D eigenvalue weighted by Gasteiger charge is -2.28. The number of hydrogen-bond donors (Lipinski definition) is 0. The highest BCUT2D eigenvalue weighted by molar-refractivity contribution is 5.44. The molecule has 0 spiro atoms. The fourth-order valence-electron chi connectivity index (χ4n) is 2.38. The van der Waals surface area contributed by atoms with Crippen LogP contribution < -0.4 is 4.74 Å². The second kappa shape index (κ2) is 6.45. The second-order valence-electron chi connectivity index (χ2n) is 6.39. The Labute approximate surface area is 119 Å².